The maximum atomic E-state index is 10.6. The van der Waals surface area contributed by atoms with Crippen molar-refractivity contribution in [3.63, 3.8) is 0 Å². The Balaban J connectivity index is 2.74. The van der Waals surface area contributed by atoms with Gasteiger partial charge in [0.15, 0.2) is 0 Å². The number of hydrogen-bond acceptors (Lipinski definition) is 2. The van der Waals surface area contributed by atoms with E-state index in [1.54, 1.807) is 18.2 Å². The zero-order valence-corrected chi connectivity index (χ0v) is 8.86. The van der Waals surface area contributed by atoms with Crippen LogP contribution in [0.25, 0.3) is 0 Å². The van der Waals surface area contributed by atoms with Crippen molar-refractivity contribution in [3.05, 3.63) is 34.3 Å². The molecule has 1 N–H and O–H groups in total. The van der Waals surface area contributed by atoms with Gasteiger partial charge in [0, 0.05) is 4.47 Å². The Hall–Kier alpha value is -1.34. The lowest BCUT2D eigenvalue weighted by Gasteiger charge is -2.03. The first-order valence-corrected chi connectivity index (χ1v) is 4.79. The van der Waals surface area contributed by atoms with Gasteiger partial charge >= 0.3 is 5.97 Å². The Kier molecular flexibility index (Phi) is 3.66. The fraction of sp³-hybridized carbons (Fsp3) is 0.200. The van der Waals surface area contributed by atoms with Gasteiger partial charge in [0.25, 0.3) is 0 Å². The molecule has 0 amide bonds. The fourth-order valence-electron chi connectivity index (χ4n) is 1.04. The van der Waals surface area contributed by atoms with Gasteiger partial charge in [-0.05, 0) is 24.1 Å². The van der Waals surface area contributed by atoms with Gasteiger partial charge in [-0.3, -0.25) is 4.79 Å². The van der Waals surface area contributed by atoms with Crippen molar-refractivity contribution in [3.8, 4) is 6.07 Å². The Morgan fingerprint density at radius 1 is 1.50 bits per heavy atom. The van der Waals surface area contributed by atoms with Crippen LogP contribution in [0.5, 0.6) is 0 Å². The maximum Gasteiger partial charge on any atom is 0.321 e. The van der Waals surface area contributed by atoms with Gasteiger partial charge in [0.2, 0.25) is 0 Å². The monoisotopic (exact) mass is 253 g/mol. The third-order valence-corrected chi connectivity index (χ3v) is 2.34. The highest BCUT2D eigenvalue weighted by Crippen LogP contribution is 2.13. The van der Waals surface area contributed by atoms with E-state index in [9.17, 15) is 4.79 Å². The lowest BCUT2D eigenvalue weighted by atomic mass is 10.0. The van der Waals surface area contributed by atoms with Crippen molar-refractivity contribution in [2.45, 2.75) is 6.42 Å². The van der Waals surface area contributed by atoms with Gasteiger partial charge in [-0.1, -0.05) is 28.1 Å². The van der Waals surface area contributed by atoms with Gasteiger partial charge in [0.1, 0.15) is 5.92 Å². The Morgan fingerprint density at radius 2 is 2.07 bits per heavy atom. The molecule has 0 aliphatic carbocycles. The molecule has 0 aliphatic heterocycles. The average molecular weight is 254 g/mol. The van der Waals surface area contributed by atoms with E-state index >= 15 is 0 Å². The minimum atomic E-state index is -1.07. The topological polar surface area (TPSA) is 61.1 Å². The van der Waals surface area contributed by atoms with Crippen LogP contribution < -0.4 is 0 Å². The van der Waals surface area contributed by atoms with E-state index < -0.39 is 11.9 Å². The van der Waals surface area contributed by atoms with Gasteiger partial charge in [-0.15, -0.1) is 0 Å². The van der Waals surface area contributed by atoms with Gasteiger partial charge in [0.05, 0.1) is 6.07 Å². The third kappa shape index (κ3) is 2.86. The number of benzene rings is 1. The van der Waals surface area contributed by atoms with Crippen molar-refractivity contribution in [1.82, 2.24) is 0 Å². The molecule has 72 valence electrons. The number of carbonyl (C=O) groups is 1. The molecule has 14 heavy (non-hydrogen) atoms. The molecule has 0 fully saturated rings. The predicted molar refractivity (Wildman–Crippen MR) is 54.6 cm³/mol. The lowest BCUT2D eigenvalue weighted by molar-refractivity contribution is -0.139. The molecule has 0 aliphatic rings. The second-order valence-electron chi connectivity index (χ2n) is 2.85. The van der Waals surface area contributed by atoms with E-state index in [2.05, 4.69) is 15.9 Å². The van der Waals surface area contributed by atoms with Crippen molar-refractivity contribution < 1.29 is 9.90 Å². The summed E-state index contributed by atoms with van der Waals surface area (Å²) in [6.45, 7) is 0. The first-order valence-electron chi connectivity index (χ1n) is 4.00. The second-order valence-corrected chi connectivity index (χ2v) is 3.77. The van der Waals surface area contributed by atoms with Crippen molar-refractivity contribution in [2.24, 2.45) is 5.92 Å². The van der Waals surface area contributed by atoms with Gasteiger partial charge in [-0.2, -0.15) is 5.26 Å². The Morgan fingerprint density at radius 3 is 2.50 bits per heavy atom. The van der Waals surface area contributed by atoms with Crippen molar-refractivity contribution in [2.75, 3.05) is 0 Å². The largest absolute Gasteiger partial charge is 0.480 e. The summed E-state index contributed by atoms with van der Waals surface area (Å²) in [4.78, 5) is 10.6. The van der Waals surface area contributed by atoms with Gasteiger partial charge < -0.3 is 5.11 Å². The molecule has 0 spiro atoms. The Bertz CT molecular complexity index is 367. The van der Waals surface area contributed by atoms with Crippen LogP contribution in [0, 0.1) is 17.2 Å². The summed E-state index contributed by atoms with van der Waals surface area (Å²) in [6, 6.07) is 9.01. The van der Waals surface area contributed by atoms with Crippen LogP contribution in [0.1, 0.15) is 5.56 Å². The number of aliphatic carboxylic acids is 1. The minimum Gasteiger partial charge on any atom is -0.480 e. The maximum absolute atomic E-state index is 10.6. The lowest BCUT2D eigenvalue weighted by Crippen LogP contribution is -2.13. The van der Waals surface area contributed by atoms with E-state index in [4.69, 9.17) is 10.4 Å². The number of halogens is 1. The highest BCUT2D eigenvalue weighted by Gasteiger charge is 2.16. The smallest absolute Gasteiger partial charge is 0.321 e. The summed E-state index contributed by atoms with van der Waals surface area (Å²) in [7, 11) is 0. The van der Waals surface area contributed by atoms with E-state index in [0.717, 1.165) is 10.0 Å². The van der Waals surface area contributed by atoms with Crippen molar-refractivity contribution in [1.29, 1.82) is 5.26 Å². The first kappa shape index (κ1) is 10.7. The Labute approximate surface area is 90.1 Å². The quantitative estimate of drug-likeness (QED) is 0.899. The van der Waals surface area contributed by atoms with Crippen LogP contribution in [-0.4, -0.2) is 11.1 Å². The van der Waals surface area contributed by atoms with Crippen LogP contribution in [0.2, 0.25) is 0 Å². The molecular formula is C10H8BrNO2. The number of hydrogen-bond donors (Lipinski definition) is 1. The standard InChI is InChI=1S/C10H8BrNO2/c11-9-3-1-7(2-4-9)5-8(6-12)10(13)14/h1-4,8H,5H2,(H,13,14)/t8-/m0/s1. The molecule has 1 atom stereocenters. The minimum absolute atomic E-state index is 0.249. The summed E-state index contributed by atoms with van der Waals surface area (Å²) in [5, 5.41) is 17.2. The fourth-order valence-corrected chi connectivity index (χ4v) is 1.31. The zero-order chi connectivity index (χ0) is 10.6. The van der Waals surface area contributed by atoms with Crippen molar-refractivity contribution >= 4 is 21.9 Å². The molecule has 3 nitrogen and oxygen atoms in total. The summed E-state index contributed by atoms with van der Waals surface area (Å²) < 4.78 is 0.935. The molecule has 4 heteroatoms. The van der Waals surface area contributed by atoms with Gasteiger partial charge in [-0.25, -0.2) is 0 Å². The summed E-state index contributed by atoms with van der Waals surface area (Å²) in [6.07, 6.45) is 0.249. The van der Waals surface area contributed by atoms with Crippen LogP contribution in [0.4, 0.5) is 0 Å². The normalized spacial score (nSPS) is 11.7. The molecule has 0 saturated carbocycles. The molecule has 1 rings (SSSR count). The van der Waals surface area contributed by atoms with E-state index in [-0.39, 0.29) is 6.42 Å². The molecule has 1 aromatic rings. The number of rotatable bonds is 3. The average Bonchev–Trinajstić information content (AvgIpc) is 2.16. The predicted octanol–water partition coefficient (Wildman–Crippen LogP) is 2.22. The molecule has 0 radical (unpaired) electrons. The number of carboxylic acids is 1. The molecule has 0 heterocycles. The molecule has 0 saturated heterocycles. The molecule has 0 bridgehead atoms. The number of nitriles is 1. The summed E-state index contributed by atoms with van der Waals surface area (Å²) >= 11 is 3.28. The second kappa shape index (κ2) is 4.77. The summed E-state index contributed by atoms with van der Waals surface area (Å²) in [5.41, 5.74) is 0.849. The number of carboxylic acid groups (broad SMARTS) is 1. The van der Waals surface area contributed by atoms with E-state index in [0.29, 0.717) is 0 Å². The van der Waals surface area contributed by atoms with Crippen LogP contribution in [0.15, 0.2) is 28.7 Å². The molecular weight excluding hydrogens is 246 g/mol. The molecule has 0 aromatic heterocycles. The highest BCUT2D eigenvalue weighted by atomic mass is 79.9. The SMILES string of the molecule is N#C[C@H](Cc1ccc(Br)cc1)C(=O)O. The van der Waals surface area contributed by atoms with E-state index in [1.807, 2.05) is 12.1 Å². The highest BCUT2D eigenvalue weighted by molar-refractivity contribution is 9.10. The first-order chi connectivity index (χ1) is 6.63. The van der Waals surface area contributed by atoms with Crippen LogP contribution in [0.3, 0.4) is 0 Å². The van der Waals surface area contributed by atoms with Crippen LogP contribution in [-0.2, 0) is 11.2 Å². The molecule has 1 aromatic carbocycles. The molecule has 0 unspecified atom stereocenters. The summed E-state index contributed by atoms with van der Waals surface area (Å²) in [5.74, 6) is -2.04. The van der Waals surface area contributed by atoms with E-state index in [1.165, 1.54) is 0 Å². The zero-order valence-electron chi connectivity index (χ0n) is 7.27. The number of nitrogens with zero attached hydrogens (tertiary/aromatic N) is 1. The third-order valence-electron chi connectivity index (χ3n) is 1.81. The van der Waals surface area contributed by atoms with Crippen LogP contribution >= 0.6 is 15.9 Å².